The van der Waals surface area contributed by atoms with Crippen LogP contribution >= 0.6 is 0 Å². The second kappa shape index (κ2) is 19.1. The molecule has 0 aliphatic heterocycles. The molecule has 2 N–H and O–H groups in total. The molecular weight excluding hydrogens is 344 g/mol. The maximum Gasteiger partial charge on any atom is 0.101 e. The Bertz CT molecular complexity index is 268. The van der Waals surface area contributed by atoms with Crippen molar-refractivity contribution >= 4 is 0 Å². The van der Waals surface area contributed by atoms with Gasteiger partial charge in [0.25, 0.3) is 0 Å². The smallest absolute Gasteiger partial charge is 0.101 e. The number of hydrogen-bond acceptors (Lipinski definition) is 5. The number of hydrogen-bond donors (Lipinski definition) is 2. The molecule has 0 saturated carbocycles. The number of aliphatic hydroxyl groups excluding tert-OH is 2. The first-order valence-corrected chi connectivity index (χ1v) is 11.0. The monoisotopic (exact) mass is 390 g/mol. The average Bonchev–Trinajstić information content (AvgIpc) is 2.59. The predicted molar refractivity (Wildman–Crippen MR) is 111 cm³/mol. The molecule has 2 atom stereocenters. The number of aliphatic hydroxyl groups is 2. The third-order valence-electron chi connectivity index (χ3n) is 4.38. The van der Waals surface area contributed by atoms with E-state index in [2.05, 4.69) is 27.7 Å². The molecule has 0 saturated heterocycles. The van der Waals surface area contributed by atoms with Crippen LogP contribution in [0.5, 0.6) is 0 Å². The third-order valence-corrected chi connectivity index (χ3v) is 4.38. The van der Waals surface area contributed by atoms with Crippen molar-refractivity contribution in [2.45, 2.75) is 91.3 Å². The molecule has 0 aromatic heterocycles. The second-order valence-electron chi connectivity index (χ2n) is 8.48. The number of unbranched alkanes of at least 4 members (excludes halogenated alkanes) is 4. The molecule has 27 heavy (non-hydrogen) atoms. The van der Waals surface area contributed by atoms with Crippen molar-refractivity contribution in [2.24, 2.45) is 11.8 Å². The normalized spacial score (nSPS) is 14.2. The summed E-state index contributed by atoms with van der Waals surface area (Å²) in [6.45, 7) is 11.3. The summed E-state index contributed by atoms with van der Waals surface area (Å²) < 4.78 is 16.3. The lowest BCUT2D eigenvalue weighted by molar-refractivity contribution is -0.0566. The quantitative estimate of drug-likeness (QED) is 0.305. The summed E-state index contributed by atoms with van der Waals surface area (Å²) in [4.78, 5) is 0. The number of rotatable bonds is 20. The van der Waals surface area contributed by atoms with Gasteiger partial charge in [-0.05, 0) is 24.7 Å². The molecule has 0 fully saturated rings. The van der Waals surface area contributed by atoms with Crippen LogP contribution in [0.3, 0.4) is 0 Å². The Morgan fingerprint density at radius 3 is 1.26 bits per heavy atom. The Morgan fingerprint density at radius 2 is 0.889 bits per heavy atom. The van der Waals surface area contributed by atoms with Crippen LogP contribution in [0.4, 0.5) is 0 Å². The molecule has 0 aromatic rings. The molecule has 0 aromatic carbocycles. The van der Waals surface area contributed by atoms with Crippen molar-refractivity contribution in [1.29, 1.82) is 0 Å². The van der Waals surface area contributed by atoms with Crippen molar-refractivity contribution in [3.8, 4) is 0 Å². The largest absolute Gasteiger partial charge is 0.388 e. The molecule has 0 radical (unpaired) electrons. The fourth-order valence-electron chi connectivity index (χ4n) is 2.74. The molecule has 0 spiro atoms. The van der Waals surface area contributed by atoms with Gasteiger partial charge >= 0.3 is 0 Å². The zero-order valence-corrected chi connectivity index (χ0v) is 18.3. The standard InChI is InChI=1S/C22H46O5/c1-19(2)11-7-5-9-13-25-15-21(23)17-27-18-22(24)16-26-14-10-6-8-12-20(3)4/h19-24H,5-18H2,1-4H3. The van der Waals surface area contributed by atoms with Gasteiger partial charge in [0.05, 0.1) is 26.4 Å². The van der Waals surface area contributed by atoms with Gasteiger partial charge in [-0.1, -0.05) is 66.2 Å². The Hall–Kier alpha value is -0.200. The van der Waals surface area contributed by atoms with Gasteiger partial charge in [-0.2, -0.15) is 0 Å². The Balaban J connectivity index is 3.33. The lowest BCUT2D eigenvalue weighted by Gasteiger charge is -2.15. The summed E-state index contributed by atoms with van der Waals surface area (Å²) in [5.41, 5.74) is 0. The minimum Gasteiger partial charge on any atom is -0.388 e. The van der Waals surface area contributed by atoms with Gasteiger partial charge in [0.15, 0.2) is 0 Å². The summed E-state index contributed by atoms with van der Waals surface area (Å²) in [7, 11) is 0. The van der Waals surface area contributed by atoms with E-state index in [0.29, 0.717) is 13.2 Å². The Kier molecular flexibility index (Phi) is 19.0. The van der Waals surface area contributed by atoms with E-state index in [9.17, 15) is 10.2 Å². The van der Waals surface area contributed by atoms with Gasteiger partial charge in [0.2, 0.25) is 0 Å². The zero-order valence-electron chi connectivity index (χ0n) is 18.3. The SMILES string of the molecule is CC(C)CCCCCOCC(O)COCC(O)COCCCCCC(C)C. The van der Waals surface area contributed by atoms with Crippen LogP contribution in [0.15, 0.2) is 0 Å². The second-order valence-corrected chi connectivity index (χ2v) is 8.48. The van der Waals surface area contributed by atoms with Gasteiger partial charge in [0, 0.05) is 13.2 Å². The van der Waals surface area contributed by atoms with E-state index in [1.807, 2.05) is 0 Å². The lowest BCUT2D eigenvalue weighted by Crippen LogP contribution is -2.27. The molecule has 0 amide bonds. The van der Waals surface area contributed by atoms with E-state index in [-0.39, 0.29) is 26.4 Å². The molecule has 5 heteroatoms. The molecule has 0 bridgehead atoms. The first kappa shape index (κ1) is 26.8. The van der Waals surface area contributed by atoms with Gasteiger partial charge in [0.1, 0.15) is 12.2 Å². The van der Waals surface area contributed by atoms with Crippen LogP contribution in [0.1, 0.15) is 79.1 Å². The first-order valence-electron chi connectivity index (χ1n) is 11.0. The molecule has 164 valence electrons. The molecule has 0 heterocycles. The van der Waals surface area contributed by atoms with E-state index < -0.39 is 12.2 Å². The fourth-order valence-corrected chi connectivity index (χ4v) is 2.74. The van der Waals surface area contributed by atoms with E-state index in [0.717, 1.165) is 24.7 Å². The predicted octanol–water partition coefficient (Wildman–Crippen LogP) is 4.19. The van der Waals surface area contributed by atoms with Crippen LogP contribution in [-0.4, -0.2) is 62.1 Å². The van der Waals surface area contributed by atoms with Crippen LogP contribution in [-0.2, 0) is 14.2 Å². The summed E-state index contributed by atoms with van der Waals surface area (Å²) in [5, 5.41) is 19.6. The zero-order chi connectivity index (χ0) is 20.3. The maximum absolute atomic E-state index is 9.81. The van der Waals surface area contributed by atoms with Crippen molar-refractivity contribution in [3.05, 3.63) is 0 Å². The van der Waals surface area contributed by atoms with E-state index in [1.165, 1.54) is 38.5 Å². The summed E-state index contributed by atoms with van der Waals surface area (Å²) in [6, 6.07) is 0. The fraction of sp³-hybridized carbons (Fsp3) is 1.00. The molecular formula is C22H46O5. The lowest BCUT2D eigenvalue weighted by atomic mass is 10.1. The molecule has 5 nitrogen and oxygen atoms in total. The van der Waals surface area contributed by atoms with Crippen LogP contribution in [0.2, 0.25) is 0 Å². The first-order chi connectivity index (χ1) is 12.9. The minimum atomic E-state index is -0.644. The topological polar surface area (TPSA) is 68.2 Å². The van der Waals surface area contributed by atoms with Crippen molar-refractivity contribution in [1.82, 2.24) is 0 Å². The van der Waals surface area contributed by atoms with Gasteiger partial charge in [-0.25, -0.2) is 0 Å². The summed E-state index contributed by atoms with van der Waals surface area (Å²) >= 11 is 0. The Labute approximate surface area is 167 Å². The molecule has 0 aliphatic rings. The van der Waals surface area contributed by atoms with Crippen molar-refractivity contribution in [2.75, 3.05) is 39.6 Å². The van der Waals surface area contributed by atoms with Crippen LogP contribution in [0.25, 0.3) is 0 Å². The summed E-state index contributed by atoms with van der Waals surface area (Å²) in [5.74, 6) is 1.53. The Morgan fingerprint density at radius 1 is 0.519 bits per heavy atom. The maximum atomic E-state index is 9.81. The summed E-state index contributed by atoms with van der Waals surface area (Å²) in [6.07, 6.45) is 8.14. The molecule has 2 unspecified atom stereocenters. The van der Waals surface area contributed by atoms with Gasteiger partial charge in [-0.15, -0.1) is 0 Å². The highest BCUT2D eigenvalue weighted by molar-refractivity contribution is 4.56. The van der Waals surface area contributed by atoms with Crippen molar-refractivity contribution < 1.29 is 24.4 Å². The van der Waals surface area contributed by atoms with Gasteiger partial charge < -0.3 is 24.4 Å². The van der Waals surface area contributed by atoms with Crippen LogP contribution in [0, 0.1) is 11.8 Å². The van der Waals surface area contributed by atoms with Crippen LogP contribution < -0.4 is 0 Å². The number of ether oxygens (including phenoxy) is 3. The third kappa shape index (κ3) is 22.0. The highest BCUT2D eigenvalue weighted by Gasteiger charge is 2.08. The molecule has 0 rings (SSSR count). The van der Waals surface area contributed by atoms with Crippen molar-refractivity contribution in [3.63, 3.8) is 0 Å². The average molecular weight is 391 g/mol. The highest BCUT2D eigenvalue weighted by Crippen LogP contribution is 2.09. The van der Waals surface area contributed by atoms with E-state index in [1.54, 1.807) is 0 Å². The van der Waals surface area contributed by atoms with E-state index >= 15 is 0 Å². The molecule has 0 aliphatic carbocycles. The van der Waals surface area contributed by atoms with Gasteiger partial charge in [-0.3, -0.25) is 0 Å². The minimum absolute atomic E-state index is 0.180. The highest BCUT2D eigenvalue weighted by atomic mass is 16.5. The van der Waals surface area contributed by atoms with E-state index in [4.69, 9.17) is 14.2 Å².